The molecule has 0 amide bonds. The normalized spacial score (nSPS) is 38.7. The Kier molecular flexibility index (Phi) is 9.15. The zero-order chi connectivity index (χ0) is 30.2. The van der Waals surface area contributed by atoms with Crippen molar-refractivity contribution in [3.63, 3.8) is 0 Å². The predicted octanol–water partition coefficient (Wildman–Crippen LogP) is 1.30. The van der Waals surface area contributed by atoms with E-state index in [1.807, 2.05) is 0 Å². The van der Waals surface area contributed by atoms with Gasteiger partial charge in [0.15, 0.2) is 11.7 Å². The second-order valence-corrected chi connectivity index (χ2v) is 11.0. The maximum Gasteiger partial charge on any atom is 0.312 e. The van der Waals surface area contributed by atoms with Gasteiger partial charge < -0.3 is 33.9 Å². The summed E-state index contributed by atoms with van der Waals surface area (Å²) < 4.78 is 28.0. The lowest BCUT2D eigenvalue weighted by molar-refractivity contribution is -0.218. The lowest BCUT2D eigenvalue weighted by Gasteiger charge is -2.54. The summed E-state index contributed by atoms with van der Waals surface area (Å²) >= 11 is 0. The number of carbonyl (C=O) groups excluding carboxylic acids is 5. The van der Waals surface area contributed by atoms with Crippen molar-refractivity contribution in [1.82, 2.24) is 0 Å². The van der Waals surface area contributed by atoms with E-state index in [0.717, 1.165) is 6.92 Å². The predicted molar refractivity (Wildman–Crippen MR) is 136 cm³/mol. The average Bonchev–Trinajstić information content (AvgIpc) is 3.05. The van der Waals surface area contributed by atoms with Crippen LogP contribution in [0.5, 0.6) is 0 Å². The maximum absolute atomic E-state index is 12.9. The van der Waals surface area contributed by atoms with Gasteiger partial charge in [-0.1, -0.05) is 18.6 Å². The number of hydrogen-bond acceptors (Lipinski definition) is 12. The average molecular weight is 567 g/mol. The van der Waals surface area contributed by atoms with Crippen LogP contribution >= 0.6 is 0 Å². The molecule has 0 aromatic rings. The molecule has 0 bridgehead atoms. The number of esters is 5. The topological polar surface area (TPSA) is 172 Å². The van der Waals surface area contributed by atoms with Gasteiger partial charge in [-0.05, 0) is 25.5 Å². The molecule has 222 valence electrons. The molecule has 9 atom stereocenters. The van der Waals surface area contributed by atoms with Gasteiger partial charge in [0.2, 0.25) is 0 Å². The van der Waals surface area contributed by atoms with Crippen molar-refractivity contribution in [2.45, 2.75) is 97.4 Å². The molecule has 0 radical (unpaired) electrons. The number of aliphatic hydroxyl groups excluding tert-OH is 1. The monoisotopic (exact) mass is 566 g/mol. The molecule has 0 saturated carbocycles. The van der Waals surface area contributed by atoms with E-state index in [1.165, 1.54) is 33.8 Å². The summed E-state index contributed by atoms with van der Waals surface area (Å²) in [4.78, 5) is 61.7. The molecule has 2 aliphatic carbocycles. The van der Waals surface area contributed by atoms with Crippen LogP contribution in [-0.4, -0.2) is 82.8 Å². The van der Waals surface area contributed by atoms with E-state index in [9.17, 15) is 34.2 Å². The summed E-state index contributed by atoms with van der Waals surface area (Å²) in [5, 5.41) is 23.8. The summed E-state index contributed by atoms with van der Waals surface area (Å²) in [5.74, 6) is -5.71. The van der Waals surface area contributed by atoms with Crippen LogP contribution < -0.4 is 0 Å². The van der Waals surface area contributed by atoms with Gasteiger partial charge in [0.05, 0.1) is 17.4 Å². The molecule has 0 aromatic heterocycles. The minimum Gasteiger partial charge on any atom is -0.462 e. The molecule has 0 aromatic carbocycles. The van der Waals surface area contributed by atoms with Gasteiger partial charge in [-0.2, -0.15) is 0 Å². The Hall–Kier alpha value is -3.25. The molecule has 12 heteroatoms. The van der Waals surface area contributed by atoms with Crippen LogP contribution in [-0.2, 0) is 47.7 Å². The Bertz CT molecular complexity index is 1120. The van der Waals surface area contributed by atoms with Gasteiger partial charge in [-0.15, -0.1) is 0 Å². The van der Waals surface area contributed by atoms with Gasteiger partial charge >= 0.3 is 29.8 Å². The third-order valence-electron chi connectivity index (χ3n) is 8.29. The highest BCUT2D eigenvalue weighted by Gasteiger charge is 2.67. The summed E-state index contributed by atoms with van der Waals surface area (Å²) in [7, 11) is 0. The SMILES string of the molecule is CC(=O)OC/C1=C/[C@@H]2OC(=O)[C@H](C)[C@@]2(O)C(OC(C)=O)[C@H]2C(C)=CC[C@H](OC(C)=O)[C@]2(C)[C@@H](OC(C)=O)C[C@H]1O. The number of aliphatic hydroxyl groups is 2. The molecular formula is C28H38O12. The van der Waals surface area contributed by atoms with Crippen LogP contribution in [0.15, 0.2) is 23.3 Å². The summed E-state index contributed by atoms with van der Waals surface area (Å²) in [6, 6.07) is 0. The fourth-order valence-corrected chi connectivity index (χ4v) is 6.27. The highest BCUT2D eigenvalue weighted by atomic mass is 16.6. The fraction of sp³-hybridized carbons (Fsp3) is 0.679. The summed E-state index contributed by atoms with van der Waals surface area (Å²) in [6.07, 6.45) is -3.40. The summed E-state index contributed by atoms with van der Waals surface area (Å²) in [6.45, 7) is 9.13. The number of fused-ring (bicyclic) bond motifs is 2. The standard InChI is InChI=1S/C28H38O12/c1-13-8-9-21(37-16(4)30)27(7)22(38-17(5)31)11-20(33)19(12-36-15(3)29)10-23-28(35,14(2)26(34)40-23)25(24(13)27)39-18(6)32/h8,10,14,20-25,33,35H,9,11-12H2,1-7H3/b19-10-/t14-,20+,21-,22-,23-,24+,25?,27+,28-/m0/s1. The first-order valence-corrected chi connectivity index (χ1v) is 13.2. The number of carbonyl (C=O) groups is 5. The number of hydrogen-bond donors (Lipinski definition) is 2. The quantitative estimate of drug-likeness (QED) is 0.278. The number of rotatable bonds is 5. The van der Waals surface area contributed by atoms with Crippen LogP contribution in [0.3, 0.4) is 0 Å². The molecule has 40 heavy (non-hydrogen) atoms. The minimum atomic E-state index is -2.19. The minimum absolute atomic E-state index is 0.0633. The second-order valence-electron chi connectivity index (χ2n) is 11.0. The lowest BCUT2D eigenvalue weighted by Crippen LogP contribution is -2.65. The Labute approximate surface area is 232 Å². The van der Waals surface area contributed by atoms with Crippen LogP contribution in [0.2, 0.25) is 0 Å². The first kappa shape index (κ1) is 31.3. The molecule has 0 spiro atoms. The molecular weight excluding hydrogens is 528 g/mol. The van der Waals surface area contributed by atoms with E-state index in [2.05, 4.69) is 0 Å². The molecule has 2 N–H and O–H groups in total. The van der Waals surface area contributed by atoms with Crippen LogP contribution in [0, 0.1) is 17.3 Å². The van der Waals surface area contributed by atoms with E-state index in [-0.39, 0.29) is 18.4 Å². The highest BCUT2D eigenvalue weighted by Crippen LogP contribution is 2.55. The third kappa shape index (κ3) is 5.78. The van der Waals surface area contributed by atoms with Crippen LogP contribution in [0.4, 0.5) is 0 Å². The zero-order valence-corrected chi connectivity index (χ0v) is 23.8. The van der Waals surface area contributed by atoms with Gasteiger partial charge in [-0.3, -0.25) is 24.0 Å². The molecule has 3 aliphatic rings. The van der Waals surface area contributed by atoms with Crippen molar-refractivity contribution in [2.75, 3.05) is 6.61 Å². The van der Waals surface area contributed by atoms with E-state index in [0.29, 0.717) is 5.57 Å². The Balaban J connectivity index is 2.39. The molecule has 1 unspecified atom stereocenters. The Morgan fingerprint density at radius 2 is 1.57 bits per heavy atom. The smallest absolute Gasteiger partial charge is 0.312 e. The molecule has 1 fully saturated rings. The molecule has 1 saturated heterocycles. The first-order valence-electron chi connectivity index (χ1n) is 13.2. The van der Waals surface area contributed by atoms with E-state index < -0.39 is 89.8 Å². The van der Waals surface area contributed by atoms with Gasteiger partial charge in [-0.25, -0.2) is 0 Å². The van der Waals surface area contributed by atoms with Gasteiger partial charge in [0, 0.05) is 46.5 Å². The van der Waals surface area contributed by atoms with E-state index >= 15 is 0 Å². The molecule has 1 aliphatic heterocycles. The third-order valence-corrected chi connectivity index (χ3v) is 8.29. The van der Waals surface area contributed by atoms with Crippen LogP contribution in [0.1, 0.15) is 61.3 Å². The maximum atomic E-state index is 12.9. The lowest BCUT2D eigenvalue weighted by atomic mass is 9.56. The van der Waals surface area contributed by atoms with Crippen molar-refractivity contribution in [2.24, 2.45) is 17.3 Å². The van der Waals surface area contributed by atoms with E-state index in [4.69, 9.17) is 23.7 Å². The van der Waals surface area contributed by atoms with Crippen molar-refractivity contribution < 1.29 is 57.9 Å². The Morgan fingerprint density at radius 3 is 2.12 bits per heavy atom. The van der Waals surface area contributed by atoms with Crippen molar-refractivity contribution in [1.29, 1.82) is 0 Å². The largest absolute Gasteiger partial charge is 0.462 e. The second kappa shape index (κ2) is 11.7. The van der Waals surface area contributed by atoms with Crippen molar-refractivity contribution in [3.05, 3.63) is 23.3 Å². The zero-order valence-electron chi connectivity index (χ0n) is 23.8. The molecule has 3 rings (SSSR count). The van der Waals surface area contributed by atoms with E-state index in [1.54, 1.807) is 19.9 Å². The molecule has 1 heterocycles. The molecule has 12 nitrogen and oxygen atoms in total. The first-order chi connectivity index (χ1) is 18.5. The summed E-state index contributed by atoms with van der Waals surface area (Å²) in [5.41, 5.74) is -2.91. The van der Waals surface area contributed by atoms with Crippen molar-refractivity contribution in [3.8, 4) is 0 Å². The highest BCUT2D eigenvalue weighted by molar-refractivity contribution is 5.78. The Morgan fingerprint density at radius 1 is 1.00 bits per heavy atom. The fourth-order valence-electron chi connectivity index (χ4n) is 6.27. The van der Waals surface area contributed by atoms with Crippen molar-refractivity contribution >= 4 is 29.8 Å². The van der Waals surface area contributed by atoms with Crippen LogP contribution in [0.25, 0.3) is 0 Å². The van der Waals surface area contributed by atoms with Gasteiger partial charge in [0.1, 0.15) is 24.9 Å². The number of ether oxygens (including phenoxy) is 5. The van der Waals surface area contributed by atoms with Gasteiger partial charge in [0.25, 0.3) is 0 Å².